The zero-order valence-corrected chi connectivity index (χ0v) is 7.65. The number of rotatable bonds is 3. The van der Waals surface area contributed by atoms with Gasteiger partial charge < -0.3 is 0 Å². The molecule has 0 bridgehead atoms. The molecule has 66 valence electrons. The van der Waals surface area contributed by atoms with Gasteiger partial charge in [0.1, 0.15) is 0 Å². The Morgan fingerprint density at radius 1 is 1.09 bits per heavy atom. The first-order chi connectivity index (χ1) is 5.31. The van der Waals surface area contributed by atoms with E-state index in [1.54, 1.807) is 0 Å². The zero-order valence-electron chi connectivity index (χ0n) is 7.65. The molecular formula is C10H19F. The predicted octanol–water partition coefficient (Wildman–Crippen LogP) is 3.42. The van der Waals surface area contributed by atoms with Crippen molar-refractivity contribution in [2.45, 2.75) is 39.5 Å². The van der Waals surface area contributed by atoms with Crippen molar-refractivity contribution in [1.82, 2.24) is 0 Å². The molecule has 1 fully saturated rings. The maximum atomic E-state index is 12.4. The molecule has 0 saturated heterocycles. The van der Waals surface area contributed by atoms with Gasteiger partial charge in [0.25, 0.3) is 0 Å². The van der Waals surface area contributed by atoms with Crippen LogP contribution in [0.5, 0.6) is 0 Å². The van der Waals surface area contributed by atoms with Crippen LogP contribution in [0.25, 0.3) is 0 Å². The molecule has 0 nitrogen and oxygen atoms in total. The fourth-order valence-electron chi connectivity index (χ4n) is 2.36. The van der Waals surface area contributed by atoms with Gasteiger partial charge in [0, 0.05) is 0 Å². The van der Waals surface area contributed by atoms with Crippen LogP contribution >= 0.6 is 0 Å². The lowest BCUT2D eigenvalue weighted by atomic mass is 9.95. The molecule has 0 aromatic rings. The van der Waals surface area contributed by atoms with Crippen molar-refractivity contribution in [2.24, 2.45) is 17.8 Å². The molecule has 0 amide bonds. The minimum absolute atomic E-state index is 0.0883. The summed E-state index contributed by atoms with van der Waals surface area (Å²) in [5.41, 5.74) is 0. The molecule has 1 saturated carbocycles. The van der Waals surface area contributed by atoms with E-state index >= 15 is 0 Å². The van der Waals surface area contributed by atoms with Crippen LogP contribution < -0.4 is 0 Å². The summed E-state index contributed by atoms with van der Waals surface area (Å²) in [5.74, 6) is 1.90. The molecule has 0 aromatic carbocycles. The summed E-state index contributed by atoms with van der Waals surface area (Å²) >= 11 is 0. The van der Waals surface area contributed by atoms with Gasteiger partial charge in [-0.2, -0.15) is 0 Å². The van der Waals surface area contributed by atoms with Crippen molar-refractivity contribution < 1.29 is 4.39 Å². The lowest BCUT2D eigenvalue weighted by Crippen LogP contribution is -2.07. The van der Waals surface area contributed by atoms with Crippen LogP contribution in [0, 0.1) is 17.8 Å². The van der Waals surface area contributed by atoms with E-state index in [0.29, 0.717) is 11.8 Å². The third-order valence-electron chi connectivity index (χ3n) is 3.24. The van der Waals surface area contributed by atoms with Gasteiger partial charge in [-0.3, -0.25) is 4.39 Å². The monoisotopic (exact) mass is 158 g/mol. The second-order valence-corrected chi connectivity index (χ2v) is 3.83. The number of halogens is 1. The van der Waals surface area contributed by atoms with Crippen molar-refractivity contribution in [2.75, 3.05) is 6.67 Å². The molecule has 0 N–H and O–H groups in total. The Labute approximate surface area is 69.2 Å². The van der Waals surface area contributed by atoms with Crippen molar-refractivity contribution >= 4 is 0 Å². The van der Waals surface area contributed by atoms with Gasteiger partial charge in [0.05, 0.1) is 6.67 Å². The molecule has 1 rings (SSSR count). The van der Waals surface area contributed by atoms with Crippen molar-refractivity contribution in [3.8, 4) is 0 Å². The Kier molecular flexibility index (Phi) is 3.35. The Bertz CT molecular complexity index is 99.4. The topological polar surface area (TPSA) is 0 Å². The summed E-state index contributed by atoms with van der Waals surface area (Å²) in [7, 11) is 0. The molecule has 0 aliphatic heterocycles. The maximum absolute atomic E-state index is 12.4. The average molecular weight is 158 g/mol. The quantitative estimate of drug-likeness (QED) is 0.590. The van der Waals surface area contributed by atoms with E-state index in [0.717, 1.165) is 12.3 Å². The second-order valence-electron chi connectivity index (χ2n) is 3.83. The third-order valence-corrected chi connectivity index (χ3v) is 3.24. The largest absolute Gasteiger partial charge is 0.251 e. The van der Waals surface area contributed by atoms with E-state index in [-0.39, 0.29) is 6.67 Å². The van der Waals surface area contributed by atoms with Crippen LogP contribution in [0.1, 0.15) is 39.5 Å². The van der Waals surface area contributed by atoms with Gasteiger partial charge in [-0.25, -0.2) is 0 Å². The molecule has 1 aliphatic carbocycles. The predicted molar refractivity (Wildman–Crippen MR) is 46.3 cm³/mol. The molecule has 3 unspecified atom stereocenters. The zero-order chi connectivity index (χ0) is 8.27. The van der Waals surface area contributed by atoms with Gasteiger partial charge >= 0.3 is 0 Å². The van der Waals surface area contributed by atoms with Crippen LogP contribution in [0.15, 0.2) is 0 Å². The van der Waals surface area contributed by atoms with E-state index in [1.165, 1.54) is 19.3 Å². The fraction of sp³-hybridized carbons (Fsp3) is 1.00. The van der Waals surface area contributed by atoms with Crippen LogP contribution in [-0.4, -0.2) is 6.67 Å². The molecule has 0 heterocycles. The summed E-state index contributed by atoms with van der Waals surface area (Å²) in [5, 5.41) is 0. The molecule has 0 spiro atoms. The normalized spacial score (nSPS) is 37.9. The second kappa shape index (κ2) is 4.08. The molecule has 1 heteroatoms. The smallest absolute Gasteiger partial charge is 0.0925 e. The summed E-state index contributed by atoms with van der Waals surface area (Å²) in [6, 6.07) is 0. The highest BCUT2D eigenvalue weighted by Crippen LogP contribution is 2.39. The SMILES string of the molecule is CCC1CC(CC)C(CF)C1. The Morgan fingerprint density at radius 2 is 1.73 bits per heavy atom. The number of alkyl halides is 1. The van der Waals surface area contributed by atoms with Crippen LogP contribution in [-0.2, 0) is 0 Å². The van der Waals surface area contributed by atoms with E-state index in [2.05, 4.69) is 13.8 Å². The maximum Gasteiger partial charge on any atom is 0.0925 e. The first kappa shape index (κ1) is 9.02. The standard InChI is InChI=1S/C10H19F/c1-3-8-5-9(4-2)10(6-8)7-11/h8-10H,3-7H2,1-2H3. The highest BCUT2D eigenvalue weighted by Gasteiger charge is 2.31. The average Bonchev–Trinajstić information content (AvgIpc) is 2.46. The first-order valence-corrected chi connectivity index (χ1v) is 4.87. The summed E-state index contributed by atoms with van der Waals surface area (Å²) in [6.07, 6.45) is 4.84. The molecular weight excluding hydrogens is 139 g/mol. The summed E-state index contributed by atoms with van der Waals surface area (Å²) < 4.78 is 12.4. The molecule has 11 heavy (non-hydrogen) atoms. The Hall–Kier alpha value is -0.0700. The summed E-state index contributed by atoms with van der Waals surface area (Å²) in [4.78, 5) is 0. The molecule has 0 radical (unpaired) electrons. The lowest BCUT2D eigenvalue weighted by molar-refractivity contribution is 0.288. The van der Waals surface area contributed by atoms with Crippen molar-refractivity contribution in [1.29, 1.82) is 0 Å². The van der Waals surface area contributed by atoms with Crippen LogP contribution in [0.4, 0.5) is 4.39 Å². The third kappa shape index (κ3) is 1.94. The highest BCUT2D eigenvalue weighted by molar-refractivity contribution is 4.81. The van der Waals surface area contributed by atoms with Crippen molar-refractivity contribution in [3.63, 3.8) is 0 Å². The van der Waals surface area contributed by atoms with E-state index in [4.69, 9.17) is 0 Å². The summed E-state index contributed by atoms with van der Waals surface area (Å²) in [6.45, 7) is 4.32. The van der Waals surface area contributed by atoms with Gasteiger partial charge in [0.15, 0.2) is 0 Å². The molecule has 1 aliphatic rings. The highest BCUT2D eigenvalue weighted by atomic mass is 19.1. The van der Waals surface area contributed by atoms with E-state index < -0.39 is 0 Å². The number of hydrogen-bond donors (Lipinski definition) is 0. The Morgan fingerprint density at radius 3 is 2.09 bits per heavy atom. The minimum Gasteiger partial charge on any atom is -0.251 e. The van der Waals surface area contributed by atoms with Gasteiger partial charge in [-0.05, 0) is 30.6 Å². The van der Waals surface area contributed by atoms with Gasteiger partial charge in [0.2, 0.25) is 0 Å². The lowest BCUT2D eigenvalue weighted by Gasteiger charge is -2.12. The van der Waals surface area contributed by atoms with Gasteiger partial charge in [-0.1, -0.05) is 26.7 Å². The first-order valence-electron chi connectivity index (χ1n) is 4.87. The molecule has 3 atom stereocenters. The van der Waals surface area contributed by atoms with E-state index in [1.807, 2.05) is 0 Å². The van der Waals surface area contributed by atoms with Crippen molar-refractivity contribution in [3.05, 3.63) is 0 Å². The molecule has 0 aromatic heterocycles. The minimum atomic E-state index is -0.0883. The van der Waals surface area contributed by atoms with Crippen LogP contribution in [0.2, 0.25) is 0 Å². The van der Waals surface area contributed by atoms with Gasteiger partial charge in [-0.15, -0.1) is 0 Å². The number of hydrogen-bond acceptors (Lipinski definition) is 0. The van der Waals surface area contributed by atoms with Crippen LogP contribution in [0.3, 0.4) is 0 Å². The van der Waals surface area contributed by atoms with E-state index in [9.17, 15) is 4.39 Å². The Balaban J connectivity index is 2.41. The fourth-order valence-corrected chi connectivity index (χ4v) is 2.36.